The highest BCUT2D eigenvalue weighted by molar-refractivity contribution is 5.92. The van der Waals surface area contributed by atoms with E-state index in [4.69, 9.17) is 10.8 Å². The number of nitrogens with two attached hydrogens (primary N) is 1. The quantitative estimate of drug-likeness (QED) is 0.866. The molecular formula is C14H19N3O3. The zero-order valence-corrected chi connectivity index (χ0v) is 11.3. The van der Waals surface area contributed by atoms with Gasteiger partial charge in [-0.3, -0.25) is 9.59 Å². The number of hydrogen-bond acceptors (Lipinski definition) is 4. The number of carboxylic acids is 1. The molecule has 1 aromatic rings. The summed E-state index contributed by atoms with van der Waals surface area (Å²) in [7, 11) is 0. The monoisotopic (exact) mass is 277 g/mol. The summed E-state index contributed by atoms with van der Waals surface area (Å²) < 4.78 is 0. The Kier molecular flexibility index (Phi) is 4.55. The SMILES string of the molecule is Nc1ccc(C(=O)N2CCC(CCC(=O)O)CC2)nc1. The number of piperidine rings is 1. The maximum absolute atomic E-state index is 12.2. The average Bonchev–Trinajstić information content (AvgIpc) is 2.46. The van der Waals surface area contributed by atoms with Crippen molar-refractivity contribution in [3.05, 3.63) is 24.0 Å². The van der Waals surface area contributed by atoms with Gasteiger partial charge >= 0.3 is 5.97 Å². The molecule has 1 aliphatic rings. The molecule has 2 heterocycles. The number of aliphatic carboxylic acids is 1. The summed E-state index contributed by atoms with van der Waals surface area (Å²) in [6.45, 7) is 1.32. The lowest BCUT2D eigenvalue weighted by Gasteiger charge is -2.31. The van der Waals surface area contributed by atoms with Crippen LogP contribution in [0.1, 0.15) is 36.2 Å². The molecule has 0 unspecified atom stereocenters. The highest BCUT2D eigenvalue weighted by Crippen LogP contribution is 2.22. The highest BCUT2D eigenvalue weighted by Gasteiger charge is 2.24. The number of carbonyl (C=O) groups excluding carboxylic acids is 1. The van der Waals surface area contributed by atoms with E-state index in [1.807, 2.05) is 0 Å². The maximum atomic E-state index is 12.2. The molecular weight excluding hydrogens is 258 g/mol. The number of hydrogen-bond donors (Lipinski definition) is 2. The Morgan fingerprint density at radius 1 is 1.35 bits per heavy atom. The van der Waals surface area contributed by atoms with Crippen molar-refractivity contribution in [2.24, 2.45) is 5.92 Å². The first kappa shape index (κ1) is 14.3. The summed E-state index contributed by atoms with van der Waals surface area (Å²) >= 11 is 0. The minimum atomic E-state index is -0.755. The van der Waals surface area contributed by atoms with Gasteiger partial charge in [0.25, 0.3) is 5.91 Å². The van der Waals surface area contributed by atoms with Crippen molar-refractivity contribution in [1.29, 1.82) is 0 Å². The van der Waals surface area contributed by atoms with Crippen molar-refractivity contribution in [1.82, 2.24) is 9.88 Å². The summed E-state index contributed by atoms with van der Waals surface area (Å²) in [5.41, 5.74) is 6.49. The molecule has 6 nitrogen and oxygen atoms in total. The van der Waals surface area contributed by atoms with Gasteiger partial charge in [-0.2, -0.15) is 0 Å². The van der Waals surface area contributed by atoms with Crippen LogP contribution < -0.4 is 5.73 Å². The molecule has 0 aliphatic carbocycles. The minimum absolute atomic E-state index is 0.0818. The summed E-state index contributed by atoms with van der Waals surface area (Å²) in [5, 5.41) is 8.67. The number of nitrogens with zero attached hydrogens (tertiary/aromatic N) is 2. The largest absolute Gasteiger partial charge is 0.481 e. The lowest BCUT2D eigenvalue weighted by atomic mass is 9.92. The second-order valence-corrected chi connectivity index (χ2v) is 5.14. The van der Waals surface area contributed by atoms with Crippen LogP contribution in [0.4, 0.5) is 5.69 Å². The summed E-state index contributed by atoms with van der Waals surface area (Å²) in [5.74, 6) is -0.439. The van der Waals surface area contributed by atoms with Crippen LogP contribution >= 0.6 is 0 Å². The van der Waals surface area contributed by atoms with Gasteiger partial charge < -0.3 is 15.7 Å². The normalized spacial score (nSPS) is 16.1. The lowest BCUT2D eigenvalue weighted by molar-refractivity contribution is -0.137. The fourth-order valence-corrected chi connectivity index (χ4v) is 2.45. The Bertz CT molecular complexity index is 479. The Hall–Kier alpha value is -2.11. The zero-order valence-electron chi connectivity index (χ0n) is 11.3. The molecule has 0 atom stereocenters. The highest BCUT2D eigenvalue weighted by atomic mass is 16.4. The van der Waals surface area contributed by atoms with Crippen molar-refractivity contribution in [2.45, 2.75) is 25.7 Å². The fraction of sp³-hybridized carbons (Fsp3) is 0.500. The van der Waals surface area contributed by atoms with Gasteiger partial charge in [0.1, 0.15) is 5.69 Å². The van der Waals surface area contributed by atoms with Crippen LogP contribution in [-0.2, 0) is 4.79 Å². The number of carbonyl (C=O) groups is 2. The predicted molar refractivity (Wildman–Crippen MR) is 74.1 cm³/mol. The van der Waals surface area contributed by atoms with E-state index in [0.29, 0.717) is 36.8 Å². The third kappa shape index (κ3) is 3.69. The van der Waals surface area contributed by atoms with Gasteiger partial charge in [-0.1, -0.05) is 0 Å². The van der Waals surface area contributed by atoms with E-state index >= 15 is 0 Å². The van der Waals surface area contributed by atoms with Crippen molar-refractivity contribution in [3.63, 3.8) is 0 Å². The van der Waals surface area contributed by atoms with Crippen molar-refractivity contribution < 1.29 is 14.7 Å². The van der Waals surface area contributed by atoms with Crippen LogP contribution in [0.25, 0.3) is 0 Å². The van der Waals surface area contributed by atoms with E-state index < -0.39 is 5.97 Å². The average molecular weight is 277 g/mol. The first-order chi connectivity index (χ1) is 9.56. The number of rotatable bonds is 4. The molecule has 1 fully saturated rings. The predicted octanol–water partition coefficient (Wildman–Crippen LogP) is 1.38. The van der Waals surface area contributed by atoms with E-state index in [-0.39, 0.29) is 12.3 Å². The molecule has 3 N–H and O–H groups in total. The molecule has 108 valence electrons. The number of amides is 1. The molecule has 1 aliphatic heterocycles. The zero-order chi connectivity index (χ0) is 14.5. The third-order valence-electron chi connectivity index (χ3n) is 3.67. The first-order valence-corrected chi connectivity index (χ1v) is 6.79. The van der Waals surface area contributed by atoms with Crippen LogP contribution in [0.5, 0.6) is 0 Å². The Morgan fingerprint density at radius 3 is 2.60 bits per heavy atom. The number of aromatic nitrogens is 1. The van der Waals surface area contributed by atoms with Gasteiger partial charge in [-0.15, -0.1) is 0 Å². The van der Waals surface area contributed by atoms with Crippen LogP contribution in [0.2, 0.25) is 0 Å². The molecule has 2 rings (SSSR count). The maximum Gasteiger partial charge on any atom is 0.303 e. The van der Waals surface area contributed by atoms with Crippen molar-refractivity contribution >= 4 is 17.6 Å². The molecule has 20 heavy (non-hydrogen) atoms. The smallest absolute Gasteiger partial charge is 0.303 e. The molecule has 0 bridgehead atoms. The molecule has 0 spiro atoms. The van der Waals surface area contributed by atoms with Crippen molar-refractivity contribution in [2.75, 3.05) is 18.8 Å². The van der Waals surface area contributed by atoms with E-state index in [1.54, 1.807) is 17.0 Å². The Labute approximate surface area is 117 Å². The van der Waals surface area contributed by atoms with E-state index in [2.05, 4.69) is 4.98 Å². The molecule has 1 amide bonds. The number of anilines is 1. The molecule has 6 heteroatoms. The van der Waals surface area contributed by atoms with Gasteiger partial charge in [0, 0.05) is 19.5 Å². The van der Waals surface area contributed by atoms with Gasteiger partial charge in [-0.25, -0.2) is 4.98 Å². The van der Waals surface area contributed by atoms with Gasteiger partial charge in [0.2, 0.25) is 0 Å². The minimum Gasteiger partial charge on any atom is -0.481 e. The molecule has 1 aromatic heterocycles. The van der Waals surface area contributed by atoms with Gasteiger partial charge in [-0.05, 0) is 37.3 Å². The van der Waals surface area contributed by atoms with E-state index in [1.165, 1.54) is 6.20 Å². The fourth-order valence-electron chi connectivity index (χ4n) is 2.45. The van der Waals surface area contributed by atoms with E-state index in [0.717, 1.165) is 12.8 Å². The lowest BCUT2D eigenvalue weighted by Crippen LogP contribution is -2.38. The third-order valence-corrected chi connectivity index (χ3v) is 3.67. The Balaban J connectivity index is 1.85. The number of pyridine rings is 1. The second-order valence-electron chi connectivity index (χ2n) is 5.14. The standard InChI is InChI=1S/C14H19N3O3/c15-11-2-3-12(16-9-11)14(20)17-7-5-10(6-8-17)1-4-13(18)19/h2-3,9-10H,1,4-8,15H2,(H,18,19). The number of carboxylic acid groups (broad SMARTS) is 1. The summed E-state index contributed by atoms with van der Waals surface area (Å²) in [6, 6.07) is 3.30. The number of nitrogen functional groups attached to an aromatic ring is 1. The topological polar surface area (TPSA) is 96.5 Å². The number of likely N-dealkylation sites (tertiary alicyclic amines) is 1. The van der Waals surface area contributed by atoms with Crippen LogP contribution in [0, 0.1) is 5.92 Å². The van der Waals surface area contributed by atoms with Crippen LogP contribution in [0.15, 0.2) is 18.3 Å². The molecule has 1 saturated heterocycles. The van der Waals surface area contributed by atoms with Crippen molar-refractivity contribution in [3.8, 4) is 0 Å². The molecule has 0 saturated carbocycles. The first-order valence-electron chi connectivity index (χ1n) is 6.79. The van der Waals surface area contributed by atoms with Crippen LogP contribution in [-0.4, -0.2) is 40.0 Å². The van der Waals surface area contributed by atoms with E-state index in [9.17, 15) is 9.59 Å². The van der Waals surface area contributed by atoms with Crippen LogP contribution in [0.3, 0.4) is 0 Å². The molecule has 0 radical (unpaired) electrons. The summed E-state index contributed by atoms with van der Waals surface area (Å²) in [6.07, 6.45) is 4.09. The van der Waals surface area contributed by atoms with Gasteiger partial charge in [0.15, 0.2) is 0 Å². The second kappa shape index (κ2) is 6.36. The molecule has 0 aromatic carbocycles. The Morgan fingerprint density at radius 2 is 2.05 bits per heavy atom. The summed E-state index contributed by atoms with van der Waals surface area (Å²) in [4.78, 5) is 28.6. The van der Waals surface area contributed by atoms with Gasteiger partial charge in [0.05, 0.1) is 11.9 Å².